The van der Waals surface area contributed by atoms with Gasteiger partial charge in [0.1, 0.15) is 4.34 Å². The molecule has 0 saturated heterocycles. The van der Waals surface area contributed by atoms with E-state index in [1.54, 1.807) is 11.3 Å². The Morgan fingerprint density at radius 1 is 1.44 bits per heavy atom. The lowest BCUT2D eigenvalue weighted by atomic mass is 9.87. The molecular weight excluding hydrogens is 306 g/mol. The fourth-order valence-corrected chi connectivity index (χ4v) is 3.34. The maximum atomic E-state index is 6.08. The number of hydrogen-bond acceptors (Lipinski definition) is 2. The molecule has 0 aliphatic rings. The van der Waals surface area contributed by atoms with Gasteiger partial charge in [-0.1, -0.05) is 32.4 Å². The van der Waals surface area contributed by atoms with E-state index < -0.39 is 0 Å². The molecule has 1 aromatic rings. The molecule has 0 radical (unpaired) electrons. The molecule has 0 amide bonds. The molecule has 4 heteroatoms. The summed E-state index contributed by atoms with van der Waals surface area (Å²) in [6.07, 6.45) is 2.33. The molecule has 0 aromatic carbocycles. The summed E-state index contributed by atoms with van der Waals surface area (Å²) in [6, 6.07) is 2.15. The third-order valence-corrected chi connectivity index (χ3v) is 5.51. The van der Waals surface area contributed by atoms with E-state index in [0.29, 0.717) is 0 Å². The summed E-state index contributed by atoms with van der Waals surface area (Å²) in [5, 5.41) is 3.44. The van der Waals surface area contributed by atoms with Crippen molar-refractivity contribution in [2.45, 2.75) is 39.0 Å². The van der Waals surface area contributed by atoms with Crippen molar-refractivity contribution in [1.29, 1.82) is 0 Å². The molecule has 1 rings (SSSR count). The van der Waals surface area contributed by atoms with E-state index in [4.69, 9.17) is 11.6 Å². The Kier molecular flexibility index (Phi) is 5.78. The van der Waals surface area contributed by atoms with Crippen molar-refractivity contribution in [3.05, 3.63) is 19.8 Å². The quantitative estimate of drug-likeness (QED) is 0.739. The summed E-state index contributed by atoms with van der Waals surface area (Å²) in [5.74, 6) is 0. The van der Waals surface area contributed by atoms with Crippen LogP contribution in [-0.4, -0.2) is 13.1 Å². The third kappa shape index (κ3) is 4.02. The lowest BCUT2D eigenvalue weighted by Crippen LogP contribution is -2.25. The first-order valence-corrected chi connectivity index (χ1v) is 7.62. The summed E-state index contributed by atoms with van der Waals surface area (Å²) in [5.41, 5.74) is 0.196. The van der Waals surface area contributed by atoms with E-state index in [2.05, 4.69) is 48.1 Å². The topological polar surface area (TPSA) is 12.0 Å². The fraction of sp³-hybridized carbons (Fsp3) is 0.667. The predicted molar refractivity (Wildman–Crippen MR) is 77.8 cm³/mol. The van der Waals surface area contributed by atoms with Gasteiger partial charge in [0.25, 0.3) is 0 Å². The second kappa shape index (κ2) is 6.39. The van der Waals surface area contributed by atoms with Crippen molar-refractivity contribution in [2.24, 2.45) is 0 Å². The first kappa shape index (κ1) is 14.5. The van der Waals surface area contributed by atoms with Crippen LogP contribution in [-0.2, 0) is 5.41 Å². The largest absolute Gasteiger partial charge is 0.317 e. The van der Waals surface area contributed by atoms with Gasteiger partial charge in [0, 0.05) is 14.8 Å². The summed E-state index contributed by atoms with van der Waals surface area (Å²) in [4.78, 5) is 1.35. The number of rotatable bonds is 6. The minimum absolute atomic E-state index is 0.196. The maximum absolute atomic E-state index is 6.08. The minimum Gasteiger partial charge on any atom is -0.317 e. The number of nitrogens with one attached hydrogen (secondary N) is 1. The summed E-state index contributed by atoms with van der Waals surface area (Å²) >= 11 is 11.2. The van der Waals surface area contributed by atoms with Gasteiger partial charge in [-0.2, -0.15) is 0 Å². The Labute approximate surface area is 116 Å². The van der Waals surface area contributed by atoms with E-state index in [9.17, 15) is 0 Å². The Morgan fingerprint density at radius 3 is 2.62 bits per heavy atom. The zero-order valence-electron chi connectivity index (χ0n) is 10.1. The van der Waals surface area contributed by atoms with Crippen molar-refractivity contribution < 1.29 is 0 Å². The minimum atomic E-state index is 0.196. The molecule has 0 aliphatic carbocycles. The van der Waals surface area contributed by atoms with Crippen molar-refractivity contribution in [3.8, 4) is 0 Å². The molecule has 0 spiro atoms. The average molecular weight is 325 g/mol. The first-order chi connectivity index (χ1) is 7.47. The van der Waals surface area contributed by atoms with Gasteiger partial charge in [-0.3, -0.25) is 0 Å². The molecule has 0 bridgehead atoms. The standard InChI is InChI=1S/C12H19BrClNS/c1-4-6-15-7-5-12(2,3)10-8-9(13)11(14)16-10/h8,15H,4-7H2,1-3H3. The predicted octanol–water partition coefficient (Wildman–Crippen LogP) is 4.83. The van der Waals surface area contributed by atoms with Crippen LogP contribution < -0.4 is 5.32 Å². The van der Waals surface area contributed by atoms with Crippen molar-refractivity contribution >= 4 is 38.9 Å². The van der Waals surface area contributed by atoms with Crippen molar-refractivity contribution in [3.63, 3.8) is 0 Å². The van der Waals surface area contributed by atoms with Crippen LogP contribution in [0.1, 0.15) is 38.5 Å². The molecule has 92 valence electrons. The van der Waals surface area contributed by atoms with E-state index in [0.717, 1.165) is 28.3 Å². The lowest BCUT2D eigenvalue weighted by molar-refractivity contribution is 0.465. The molecule has 0 saturated carbocycles. The number of halogens is 2. The molecule has 16 heavy (non-hydrogen) atoms. The monoisotopic (exact) mass is 323 g/mol. The number of thiophene rings is 1. The van der Waals surface area contributed by atoms with Gasteiger partial charge in [0.15, 0.2) is 0 Å². The van der Waals surface area contributed by atoms with Crippen LogP contribution in [0.5, 0.6) is 0 Å². The smallest absolute Gasteiger partial charge is 0.107 e. The van der Waals surface area contributed by atoms with E-state index in [1.165, 1.54) is 11.3 Å². The van der Waals surface area contributed by atoms with Crippen molar-refractivity contribution in [2.75, 3.05) is 13.1 Å². The summed E-state index contributed by atoms with van der Waals surface area (Å²) < 4.78 is 1.87. The molecule has 1 N–H and O–H groups in total. The lowest BCUT2D eigenvalue weighted by Gasteiger charge is -2.23. The second-order valence-electron chi connectivity index (χ2n) is 4.62. The molecule has 0 fully saturated rings. The van der Waals surface area contributed by atoms with Crippen LogP contribution in [0.15, 0.2) is 10.5 Å². The maximum Gasteiger partial charge on any atom is 0.107 e. The molecular formula is C12H19BrClNS. The molecule has 1 heterocycles. The Morgan fingerprint density at radius 2 is 2.12 bits per heavy atom. The van der Waals surface area contributed by atoms with Crippen LogP contribution in [0.2, 0.25) is 4.34 Å². The van der Waals surface area contributed by atoms with Gasteiger partial charge in [-0.15, -0.1) is 11.3 Å². The van der Waals surface area contributed by atoms with E-state index in [-0.39, 0.29) is 5.41 Å². The first-order valence-electron chi connectivity index (χ1n) is 5.63. The van der Waals surface area contributed by atoms with Gasteiger partial charge in [0.05, 0.1) is 0 Å². The molecule has 1 aromatic heterocycles. The highest BCUT2D eigenvalue weighted by atomic mass is 79.9. The highest BCUT2D eigenvalue weighted by Crippen LogP contribution is 2.39. The highest BCUT2D eigenvalue weighted by Gasteiger charge is 2.23. The SMILES string of the molecule is CCCNCCC(C)(C)c1cc(Br)c(Cl)s1. The zero-order chi connectivity index (χ0) is 12.2. The second-order valence-corrected chi connectivity index (χ2v) is 7.12. The fourth-order valence-electron chi connectivity index (χ4n) is 1.51. The third-order valence-electron chi connectivity index (χ3n) is 2.67. The van der Waals surface area contributed by atoms with Crippen molar-refractivity contribution in [1.82, 2.24) is 5.32 Å². The van der Waals surface area contributed by atoms with Gasteiger partial charge < -0.3 is 5.32 Å². The van der Waals surface area contributed by atoms with E-state index in [1.807, 2.05) is 0 Å². The van der Waals surface area contributed by atoms with Crippen LogP contribution in [0.25, 0.3) is 0 Å². The van der Waals surface area contributed by atoms with Gasteiger partial charge in [-0.05, 0) is 47.9 Å². The van der Waals surface area contributed by atoms with Crippen LogP contribution >= 0.6 is 38.9 Å². The normalized spacial score (nSPS) is 12.1. The van der Waals surface area contributed by atoms with Gasteiger partial charge in [0.2, 0.25) is 0 Å². The average Bonchev–Trinajstić information content (AvgIpc) is 2.55. The zero-order valence-corrected chi connectivity index (χ0v) is 13.2. The highest BCUT2D eigenvalue weighted by molar-refractivity contribution is 9.10. The number of hydrogen-bond donors (Lipinski definition) is 1. The van der Waals surface area contributed by atoms with Crippen LogP contribution in [0.4, 0.5) is 0 Å². The molecule has 0 aliphatic heterocycles. The molecule has 0 unspecified atom stereocenters. The van der Waals surface area contributed by atoms with Gasteiger partial charge >= 0.3 is 0 Å². The summed E-state index contributed by atoms with van der Waals surface area (Å²) in [6.45, 7) is 8.90. The molecule has 1 nitrogen and oxygen atoms in total. The Balaban J connectivity index is 2.55. The Bertz CT molecular complexity index is 316. The van der Waals surface area contributed by atoms with E-state index >= 15 is 0 Å². The van der Waals surface area contributed by atoms with Gasteiger partial charge in [-0.25, -0.2) is 0 Å². The van der Waals surface area contributed by atoms with Crippen LogP contribution in [0, 0.1) is 0 Å². The summed E-state index contributed by atoms with van der Waals surface area (Å²) in [7, 11) is 0. The molecule has 0 atom stereocenters. The van der Waals surface area contributed by atoms with Crippen LogP contribution in [0.3, 0.4) is 0 Å². The Hall–Kier alpha value is 0.430.